The van der Waals surface area contributed by atoms with Crippen molar-refractivity contribution in [1.29, 1.82) is 0 Å². The maximum atomic E-state index is 6.68. The minimum Gasteiger partial charge on any atom is -0.455 e. The molecule has 242 valence electrons. The zero-order chi connectivity index (χ0) is 34.1. The van der Waals surface area contributed by atoms with Crippen LogP contribution in [0.15, 0.2) is 156 Å². The zero-order valence-corrected chi connectivity index (χ0v) is 29.5. The van der Waals surface area contributed by atoms with Crippen molar-refractivity contribution < 1.29 is 4.42 Å². The Labute approximate surface area is 302 Å². The molecule has 0 unspecified atom stereocenters. The Kier molecular flexibility index (Phi) is 7.06. The highest BCUT2D eigenvalue weighted by atomic mass is 32.1. The molecule has 3 heterocycles. The highest BCUT2D eigenvalue weighted by Crippen LogP contribution is 2.45. The molecule has 3 aromatic heterocycles. The normalized spacial score (nSPS) is 17.5. The maximum absolute atomic E-state index is 6.68. The zero-order valence-electron chi connectivity index (χ0n) is 27.9. The Morgan fingerprint density at radius 1 is 0.627 bits per heavy atom. The number of furan rings is 1. The Hall–Kier alpha value is -5.74. The molecule has 0 radical (unpaired) electrons. The number of para-hydroxylation sites is 1. The number of hydrogen-bond donors (Lipinski definition) is 0. The number of thiophene rings is 2. The highest BCUT2D eigenvalue weighted by Gasteiger charge is 2.19. The molecular formula is C48H32OS2. The van der Waals surface area contributed by atoms with Crippen LogP contribution in [0.3, 0.4) is 0 Å². The minimum absolute atomic E-state index is 0.915. The molecule has 9 aromatic rings. The molecule has 0 saturated heterocycles. The van der Waals surface area contributed by atoms with Crippen LogP contribution in [-0.4, -0.2) is 0 Å². The van der Waals surface area contributed by atoms with E-state index in [1.165, 1.54) is 52.0 Å². The predicted molar refractivity (Wildman–Crippen MR) is 223 cm³/mol. The summed E-state index contributed by atoms with van der Waals surface area (Å²) < 4.78 is 11.6. The standard InChI is InChI=1S/C48H32OS2/c1-29(27-40-30(2)50-44-23-13-10-20-36(40)44)31-15-5-3-4-6-16-34(33-18-8-7-17-32(31)33)42-28-41-37(46-39-21-11-14-24-45(39)51-48(42)46)25-26-38-35-19-9-12-22-43(35)49-47(38)41/h5-28H,1-4H2/b15-5+,16-6+,32-31+,34-33+,40-27+. The van der Waals surface area contributed by atoms with E-state index in [1.54, 1.807) is 11.3 Å². The van der Waals surface area contributed by atoms with Gasteiger partial charge in [-0.2, -0.15) is 0 Å². The van der Waals surface area contributed by atoms with Gasteiger partial charge in [0.15, 0.2) is 0 Å². The first-order chi connectivity index (χ1) is 25.1. The number of fused-ring (bicyclic) bond motifs is 11. The molecule has 10 rings (SSSR count). The van der Waals surface area contributed by atoms with Gasteiger partial charge in [0.2, 0.25) is 0 Å². The monoisotopic (exact) mass is 688 g/mol. The lowest BCUT2D eigenvalue weighted by atomic mass is 9.92. The van der Waals surface area contributed by atoms with E-state index in [-0.39, 0.29) is 0 Å². The van der Waals surface area contributed by atoms with Crippen LogP contribution in [0.1, 0.15) is 18.4 Å². The first-order valence-corrected chi connectivity index (χ1v) is 19.0. The summed E-state index contributed by atoms with van der Waals surface area (Å²) in [6.45, 7) is 9.11. The van der Waals surface area contributed by atoms with Gasteiger partial charge in [-0.3, -0.25) is 0 Å². The molecule has 0 saturated carbocycles. The number of hydrogen-bond acceptors (Lipinski definition) is 3. The van der Waals surface area contributed by atoms with E-state index >= 15 is 0 Å². The van der Waals surface area contributed by atoms with Gasteiger partial charge in [-0.25, -0.2) is 0 Å². The third-order valence-corrected chi connectivity index (χ3v) is 12.5. The van der Waals surface area contributed by atoms with E-state index in [1.807, 2.05) is 17.4 Å². The summed E-state index contributed by atoms with van der Waals surface area (Å²) in [5.41, 5.74) is 6.38. The second-order valence-electron chi connectivity index (χ2n) is 13.2. The minimum atomic E-state index is 0.915. The molecule has 0 aliphatic heterocycles. The fourth-order valence-corrected chi connectivity index (χ4v) is 10.1. The topological polar surface area (TPSA) is 13.1 Å². The average molecular weight is 689 g/mol. The molecule has 1 aliphatic carbocycles. The van der Waals surface area contributed by atoms with Crippen LogP contribution in [0.25, 0.3) is 86.8 Å². The average Bonchev–Trinajstić information content (AvgIpc) is 3.84. The van der Waals surface area contributed by atoms with Gasteiger partial charge < -0.3 is 4.42 Å². The molecule has 0 atom stereocenters. The van der Waals surface area contributed by atoms with Crippen LogP contribution in [0.4, 0.5) is 0 Å². The van der Waals surface area contributed by atoms with Crippen molar-refractivity contribution in [3.8, 4) is 0 Å². The van der Waals surface area contributed by atoms with Gasteiger partial charge in [0, 0.05) is 61.7 Å². The van der Waals surface area contributed by atoms with Crippen molar-refractivity contribution in [2.45, 2.75) is 12.8 Å². The molecule has 0 bridgehead atoms. The molecule has 0 fully saturated rings. The highest BCUT2D eigenvalue weighted by molar-refractivity contribution is 7.26. The molecule has 1 nitrogen and oxygen atoms in total. The number of allylic oxidation sites excluding steroid dienone is 5. The van der Waals surface area contributed by atoms with Crippen LogP contribution >= 0.6 is 22.7 Å². The Balaban J connectivity index is 1.35. The lowest BCUT2D eigenvalue weighted by molar-refractivity contribution is 0.672. The summed E-state index contributed by atoms with van der Waals surface area (Å²) in [7, 11) is 0. The molecular weight excluding hydrogens is 657 g/mol. The third-order valence-electron chi connectivity index (χ3n) is 10.2. The van der Waals surface area contributed by atoms with Crippen molar-refractivity contribution in [2.24, 2.45) is 0 Å². The number of benzene rings is 6. The van der Waals surface area contributed by atoms with E-state index < -0.39 is 0 Å². The van der Waals surface area contributed by atoms with Crippen LogP contribution in [0.5, 0.6) is 0 Å². The van der Waals surface area contributed by atoms with Crippen LogP contribution in [0, 0.1) is 0 Å². The molecule has 51 heavy (non-hydrogen) atoms. The summed E-state index contributed by atoms with van der Waals surface area (Å²) in [6.07, 6.45) is 13.4. The molecule has 0 spiro atoms. The van der Waals surface area contributed by atoms with Crippen molar-refractivity contribution in [3.63, 3.8) is 0 Å². The molecule has 6 aromatic carbocycles. The summed E-state index contributed by atoms with van der Waals surface area (Å²) in [6, 6.07) is 41.5. The lowest BCUT2D eigenvalue weighted by Gasteiger charge is -2.12. The Morgan fingerprint density at radius 2 is 1.29 bits per heavy atom. The molecule has 0 N–H and O–H groups in total. The number of rotatable bonds is 3. The quantitative estimate of drug-likeness (QED) is 0.180. The van der Waals surface area contributed by atoms with Crippen molar-refractivity contribution in [1.82, 2.24) is 0 Å². The second-order valence-corrected chi connectivity index (χ2v) is 15.4. The van der Waals surface area contributed by atoms with E-state index in [0.717, 1.165) is 66.3 Å². The largest absolute Gasteiger partial charge is 0.455 e. The Bertz CT molecular complexity index is 3230. The third kappa shape index (κ3) is 4.80. The first kappa shape index (κ1) is 30.1. The summed E-state index contributed by atoms with van der Waals surface area (Å²) in [5, 5.41) is 11.9. The predicted octanol–water partition coefficient (Wildman–Crippen LogP) is 11.0. The van der Waals surface area contributed by atoms with Crippen molar-refractivity contribution >= 4 is 109 Å². The van der Waals surface area contributed by atoms with Gasteiger partial charge in [0.05, 0.1) is 0 Å². The van der Waals surface area contributed by atoms with Crippen LogP contribution in [-0.2, 0) is 0 Å². The maximum Gasteiger partial charge on any atom is 0.143 e. The van der Waals surface area contributed by atoms with Crippen LogP contribution in [0.2, 0.25) is 0 Å². The van der Waals surface area contributed by atoms with Gasteiger partial charge in [-0.15, -0.1) is 22.7 Å². The van der Waals surface area contributed by atoms with Crippen molar-refractivity contribution in [3.05, 3.63) is 177 Å². The van der Waals surface area contributed by atoms with Crippen LogP contribution < -0.4 is 20.2 Å². The van der Waals surface area contributed by atoms with Gasteiger partial charge in [0.25, 0.3) is 0 Å². The summed E-state index contributed by atoms with van der Waals surface area (Å²) in [4.78, 5) is 0. The van der Waals surface area contributed by atoms with Crippen molar-refractivity contribution in [2.75, 3.05) is 0 Å². The fraction of sp³-hybridized carbons (Fsp3) is 0.0417. The van der Waals surface area contributed by atoms with Gasteiger partial charge >= 0.3 is 0 Å². The van der Waals surface area contributed by atoms with Gasteiger partial charge in [-0.05, 0) is 81.8 Å². The first-order valence-electron chi connectivity index (χ1n) is 17.4. The van der Waals surface area contributed by atoms with Gasteiger partial charge in [0.1, 0.15) is 11.2 Å². The summed E-state index contributed by atoms with van der Waals surface area (Å²) in [5.74, 6) is 0. The fourth-order valence-electron chi connectivity index (χ4n) is 7.85. The van der Waals surface area contributed by atoms with Gasteiger partial charge in [-0.1, -0.05) is 122 Å². The van der Waals surface area contributed by atoms with E-state index in [0.29, 0.717) is 0 Å². The van der Waals surface area contributed by atoms with E-state index in [4.69, 9.17) is 11.0 Å². The molecule has 3 heteroatoms. The lowest BCUT2D eigenvalue weighted by Crippen LogP contribution is -2.29. The SMILES string of the molecule is C=C(/C=c1\c(=C)sc2ccccc12)C1=c2\cccc\c2=C(c2cc3c(ccc4c5ccccc5oc43)c3c2sc2ccccc23)\C=C\CC\C=C\1. The molecule has 0 amide bonds. The van der Waals surface area contributed by atoms with E-state index in [2.05, 4.69) is 146 Å². The summed E-state index contributed by atoms with van der Waals surface area (Å²) >= 11 is 3.62. The van der Waals surface area contributed by atoms with E-state index in [9.17, 15) is 0 Å². The Morgan fingerprint density at radius 3 is 2.14 bits per heavy atom. The smallest absolute Gasteiger partial charge is 0.143 e. The molecule has 1 aliphatic rings. The second kappa shape index (κ2) is 11.9.